The number of benzene rings is 1. The van der Waals surface area contributed by atoms with Crippen LogP contribution in [0.4, 0.5) is 5.69 Å². The first-order valence-corrected chi connectivity index (χ1v) is 6.88. The van der Waals surface area contributed by atoms with Crippen LogP contribution in [0.1, 0.15) is 44.2 Å². The van der Waals surface area contributed by atoms with Gasteiger partial charge >= 0.3 is 0 Å². The quantitative estimate of drug-likeness (QED) is 0.847. The molecule has 2 heteroatoms. The molecule has 1 fully saturated rings. The third-order valence-electron chi connectivity index (χ3n) is 4.16. The van der Waals surface area contributed by atoms with E-state index in [0.29, 0.717) is 12.0 Å². The normalized spacial score (nSPS) is 27.6. The van der Waals surface area contributed by atoms with Crippen LogP contribution < -0.4 is 5.32 Å². The summed E-state index contributed by atoms with van der Waals surface area (Å²) in [5.74, 6) is 1.52. The molecule has 3 atom stereocenters. The van der Waals surface area contributed by atoms with Gasteiger partial charge in [0, 0.05) is 6.04 Å². The largest absolute Gasteiger partial charge is 0.381 e. The molecule has 0 bridgehead atoms. The maximum atomic E-state index is 9.25. The zero-order chi connectivity index (χ0) is 13.1. The Kier molecular flexibility index (Phi) is 3.91. The van der Waals surface area contributed by atoms with Gasteiger partial charge in [0.2, 0.25) is 0 Å². The number of anilines is 1. The van der Waals surface area contributed by atoms with E-state index in [1.807, 2.05) is 25.1 Å². The first-order chi connectivity index (χ1) is 8.61. The molecule has 0 amide bonds. The topological polar surface area (TPSA) is 35.8 Å². The van der Waals surface area contributed by atoms with Gasteiger partial charge in [-0.05, 0) is 49.7 Å². The lowest BCUT2D eigenvalue weighted by Gasteiger charge is -2.34. The van der Waals surface area contributed by atoms with E-state index in [1.165, 1.54) is 19.3 Å². The van der Waals surface area contributed by atoms with Crippen molar-refractivity contribution in [1.29, 1.82) is 5.26 Å². The van der Waals surface area contributed by atoms with Crippen LogP contribution in [0.15, 0.2) is 18.2 Å². The number of rotatable bonds is 2. The summed E-state index contributed by atoms with van der Waals surface area (Å²) in [6, 6.07) is 8.87. The van der Waals surface area contributed by atoms with E-state index in [4.69, 9.17) is 0 Å². The predicted octanol–water partition coefficient (Wildman–Crippen LogP) is 4.10. The molecule has 0 saturated heterocycles. The summed E-state index contributed by atoms with van der Waals surface area (Å²) < 4.78 is 0. The number of nitrogens with one attached hydrogen (secondary N) is 1. The van der Waals surface area contributed by atoms with Crippen LogP contribution in [0.25, 0.3) is 0 Å². The predicted molar refractivity (Wildman–Crippen MR) is 75.5 cm³/mol. The fraction of sp³-hybridized carbons (Fsp3) is 0.562. The van der Waals surface area contributed by atoms with Crippen LogP contribution >= 0.6 is 0 Å². The Labute approximate surface area is 110 Å². The van der Waals surface area contributed by atoms with Crippen molar-refractivity contribution < 1.29 is 0 Å². The van der Waals surface area contributed by atoms with E-state index in [-0.39, 0.29) is 0 Å². The molecule has 2 nitrogen and oxygen atoms in total. The molecule has 1 aliphatic rings. The van der Waals surface area contributed by atoms with E-state index in [1.54, 1.807) is 0 Å². The lowest BCUT2D eigenvalue weighted by atomic mass is 9.79. The molecule has 1 aromatic rings. The Balaban J connectivity index is 2.15. The number of nitriles is 1. The van der Waals surface area contributed by atoms with Crippen molar-refractivity contribution >= 4 is 5.69 Å². The second kappa shape index (κ2) is 5.44. The summed E-state index contributed by atoms with van der Waals surface area (Å²) in [6.07, 6.45) is 3.78. The van der Waals surface area contributed by atoms with E-state index in [2.05, 4.69) is 25.2 Å². The van der Waals surface area contributed by atoms with E-state index < -0.39 is 0 Å². The van der Waals surface area contributed by atoms with E-state index >= 15 is 0 Å². The van der Waals surface area contributed by atoms with Gasteiger partial charge in [0.15, 0.2) is 0 Å². The number of hydrogen-bond acceptors (Lipinski definition) is 2. The van der Waals surface area contributed by atoms with Gasteiger partial charge in [-0.25, -0.2) is 0 Å². The summed E-state index contributed by atoms with van der Waals surface area (Å²) in [6.45, 7) is 6.64. The van der Waals surface area contributed by atoms with E-state index in [0.717, 1.165) is 22.7 Å². The van der Waals surface area contributed by atoms with Gasteiger partial charge in [0.05, 0.1) is 11.3 Å². The number of hydrogen-bond donors (Lipinski definition) is 1. The molecule has 3 unspecified atom stereocenters. The van der Waals surface area contributed by atoms with Gasteiger partial charge < -0.3 is 5.32 Å². The van der Waals surface area contributed by atoms with Gasteiger partial charge in [0.1, 0.15) is 6.07 Å². The molecule has 2 rings (SSSR count). The molecule has 0 aliphatic heterocycles. The van der Waals surface area contributed by atoms with Gasteiger partial charge in [-0.1, -0.05) is 26.0 Å². The third-order valence-corrected chi connectivity index (χ3v) is 4.16. The van der Waals surface area contributed by atoms with Gasteiger partial charge in [-0.3, -0.25) is 0 Å². The summed E-state index contributed by atoms with van der Waals surface area (Å²) >= 11 is 0. The summed E-state index contributed by atoms with van der Waals surface area (Å²) in [5.41, 5.74) is 2.85. The van der Waals surface area contributed by atoms with Crippen molar-refractivity contribution in [3.63, 3.8) is 0 Å². The average Bonchev–Trinajstić information content (AvgIpc) is 2.33. The highest BCUT2D eigenvalue weighted by atomic mass is 14.9. The van der Waals surface area contributed by atoms with Crippen molar-refractivity contribution in [3.05, 3.63) is 29.3 Å². The second-order valence-electron chi connectivity index (χ2n) is 5.76. The molecule has 0 aromatic heterocycles. The fourth-order valence-corrected chi connectivity index (χ4v) is 3.02. The number of nitrogens with zero attached hydrogens (tertiary/aromatic N) is 1. The molecule has 0 heterocycles. The Hall–Kier alpha value is -1.49. The van der Waals surface area contributed by atoms with Crippen molar-refractivity contribution in [1.82, 2.24) is 0 Å². The van der Waals surface area contributed by atoms with Gasteiger partial charge in [0.25, 0.3) is 0 Å². The van der Waals surface area contributed by atoms with Crippen LogP contribution in [0.2, 0.25) is 0 Å². The van der Waals surface area contributed by atoms with Crippen LogP contribution in [-0.2, 0) is 0 Å². The van der Waals surface area contributed by atoms with Crippen LogP contribution in [-0.4, -0.2) is 6.04 Å². The molecule has 0 radical (unpaired) electrons. The van der Waals surface area contributed by atoms with Crippen molar-refractivity contribution in [3.8, 4) is 6.07 Å². The Morgan fingerprint density at radius 1 is 1.28 bits per heavy atom. The summed E-state index contributed by atoms with van der Waals surface area (Å²) in [4.78, 5) is 0. The lowest BCUT2D eigenvalue weighted by molar-refractivity contribution is 0.276. The first-order valence-electron chi connectivity index (χ1n) is 6.88. The van der Waals surface area contributed by atoms with Gasteiger partial charge in [-0.15, -0.1) is 0 Å². The van der Waals surface area contributed by atoms with Crippen molar-refractivity contribution in [2.75, 3.05) is 5.32 Å². The lowest BCUT2D eigenvalue weighted by Crippen LogP contribution is -2.33. The summed E-state index contributed by atoms with van der Waals surface area (Å²) in [7, 11) is 0. The minimum Gasteiger partial charge on any atom is -0.381 e. The van der Waals surface area contributed by atoms with Crippen LogP contribution in [0, 0.1) is 30.1 Å². The summed E-state index contributed by atoms with van der Waals surface area (Å²) in [5, 5.41) is 12.8. The molecule has 0 spiro atoms. The molecule has 1 saturated carbocycles. The zero-order valence-corrected chi connectivity index (χ0v) is 11.5. The zero-order valence-electron chi connectivity index (χ0n) is 11.5. The highest BCUT2D eigenvalue weighted by Gasteiger charge is 2.25. The molecule has 1 aliphatic carbocycles. The molecule has 18 heavy (non-hydrogen) atoms. The Bertz CT molecular complexity index is 459. The van der Waals surface area contributed by atoms with Crippen molar-refractivity contribution in [2.24, 2.45) is 11.8 Å². The second-order valence-corrected chi connectivity index (χ2v) is 5.76. The molecule has 1 aromatic carbocycles. The number of aryl methyl sites for hydroxylation is 1. The molecular weight excluding hydrogens is 220 g/mol. The maximum Gasteiger partial charge on any atom is 0.102 e. The smallest absolute Gasteiger partial charge is 0.102 e. The Morgan fingerprint density at radius 2 is 2.06 bits per heavy atom. The van der Waals surface area contributed by atoms with E-state index in [9.17, 15) is 5.26 Å². The fourth-order valence-electron chi connectivity index (χ4n) is 3.02. The third kappa shape index (κ3) is 2.67. The average molecular weight is 242 g/mol. The standard InChI is InChI=1S/C16H22N2/c1-11-7-8-15(13(3)9-11)18-16-6-4-5-12(2)14(16)10-17/h4-6,11,13,15,18H,7-9H2,1-3H3. The van der Waals surface area contributed by atoms with Crippen molar-refractivity contribution in [2.45, 2.75) is 46.1 Å². The maximum absolute atomic E-state index is 9.25. The SMILES string of the molecule is Cc1cccc(NC2CCC(C)CC2C)c1C#N. The Morgan fingerprint density at radius 3 is 2.72 bits per heavy atom. The van der Waals surface area contributed by atoms with Crippen LogP contribution in [0.3, 0.4) is 0 Å². The highest BCUT2D eigenvalue weighted by molar-refractivity contribution is 5.61. The van der Waals surface area contributed by atoms with Gasteiger partial charge in [-0.2, -0.15) is 5.26 Å². The minimum absolute atomic E-state index is 0.509. The molecular formula is C16H22N2. The minimum atomic E-state index is 0.509. The molecule has 1 N–H and O–H groups in total. The highest BCUT2D eigenvalue weighted by Crippen LogP contribution is 2.31. The first kappa shape index (κ1) is 13.0. The monoisotopic (exact) mass is 242 g/mol. The molecule has 96 valence electrons. The van der Waals surface area contributed by atoms with Crippen LogP contribution in [0.5, 0.6) is 0 Å².